The number of nitrogens with one attached hydrogen (secondary N) is 1. The smallest absolute Gasteiger partial charge is 0.271 e. The predicted molar refractivity (Wildman–Crippen MR) is 79.6 cm³/mol. The Morgan fingerprint density at radius 1 is 1.38 bits per heavy atom. The molecule has 2 rings (SSSR count). The van der Waals surface area contributed by atoms with Gasteiger partial charge in [-0.25, -0.2) is 0 Å². The van der Waals surface area contributed by atoms with E-state index in [0.29, 0.717) is 18.8 Å². The summed E-state index contributed by atoms with van der Waals surface area (Å²) in [7, 11) is 0. The monoisotopic (exact) mass is 354 g/mol. The second kappa shape index (κ2) is 6.53. The maximum atomic E-state index is 11.9. The van der Waals surface area contributed by atoms with E-state index in [4.69, 9.17) is 5.73 Å². The fourth-order valence-electron chi connectivity index (χ4n) is 1.75. The number of hydrogen-bond acceptors (Lipinski definition) is 4. The molecule has 3 N–H and O–H groups in total. The van der Waals surface area contributed by atoms with Crippen molar-refractivity contribution < 1.29 is 9.59 Å². The summed E-state index contributed by atoms with van der Waals surface area (Å²) < 4.78 is 4.04. The van der Waals surface area contributed by atoms with E-state index < -0.39 is 5.91 Å². The topological polar surface area (TPSA) is 108 Å². The number of amides is 2. The van der Waals surface area contributed by atoms with Crippen molar-refractivity contribution in [3.8, 4) is 0 Å². The third kappa shape index (κ3) is 3.91. The van der Waals surface area contributed by atoms with Gasteiger partial charge < -0.3 is 11.1 Å². The molecule has 8 nitrogen and oxygen atoms in total. The summed E-state index contributed by atoms with van der Waals surface area (Å²) in [4.78, 5) is 23.2. The zero-order valence-corrected chi connectivity index (χ0v) is 13.0. The number of hydrogen-bond donors (Lipinski definition) is 2. The van der Waals surface area contributed by atoms with E-state index in [1.807, 2.05) is 6.92 Å². The number of nitrogens with two attached hydrogens (primary N) is 1. The average molecular weight is 355 g/mol. The lowest BCUT2D eigenvalue weighted by molar-refractivity contribution is -0.116. The molecule has 2 aromatic rings. The molecule has 2 heterocycles. The highest BCUT2D eigenvalue weighted by molar-refractivity contribution is 9.10. The van der Waals surface area contributed by atoms with Gasteiger partial charge in [-0.2, -0.15) is 10.2 Å². The maximum Gasteiger partial charge on any atom is 0.271 e. The Bertz CT molecular complexity index is 663. The van der Waals surface area contributed by atoms with Crippen LogP contribution in [-0.2, 0) is 17.9 Å². The van der Waals surface area contributed by atoms with Crippen LogP contribution in [-0.4, -0.2) is 31.4 Å². The molecular formula is C12H15BrN6O2. The minimum atomic E-state index is -0.673. The molecule has 0 fully saturated rings. The second-order valence-electron chi connectivity index (χ2n) is 4.33. The molecule has 0 unspecified atom stereocenters. The molecular weight excluding hydrogens is 340 g/mol. The van der Waals surface area contributed by atoms with Gasteiger partial charge >= 0.3 is 0 Å². The van der Waals surface area contributed by atoms with Gasteiger partial charge in [0.1, 0.15) is 0 Å². The molecule has 2 amide bonds. The lowest BCUT2D eigenvalue weighted by atomic mass is 10.3. The fourth-order valence-corrected chi connectivity index (χ4v) is 2.07. The van der Waals surface area contributed by atoms with E-state index >= 15 is 0 Å². The maximum absolute atomic E-state index is 11.9. The summed E-state index contributed by atoms with van der Waals surface area (Å²) in [6.07, 6.45) is 5.23. The Balaban J connectivity index is 1.99. The number of anilines is 1. The number of primary amides is 1. The molecule has 0 aliphatic heterocycles. The largest absolute Gasteiger partial charge is 0.364 e. The molecule has 0 aliphatic carbocycles. The van der Waals surface area contributed by atoms with Gasteiger partial charge in [-0.05, 0) is 22.9 Å². The van der Waals surface area contributed by atoms with Crippen LogP contribution in [0.1, 0.15) is 23.8 Å². The predicted octanol–water partition coefficient (Wildman–Crippen LogP) is 0.990. The highest BCUT2D eigenvalue weighted by Crippen LogP contribution is 2.14. The van der Waals surface area contributed by atoms with Gasteiger partial charge in [-0.3, -0.25) is 19.0 Å². The van der Waals surface area contributed by atoms with E-state index in [-0.39, 0.29) is 18.0 Å². The van der Waals surface area contributed by atoms with Gasteiger partial charge in [0.2, 0.25) is 5.91 Å². The van der Waals surface area contributed by atoms with Gasteiger partial charge in [0.15, 0.2) is 5.69 Å². The Kier molecular flexibility index (Phi) is 4.73. The third-order valence-electron chi connectivity index (χ3n) is 2.76. The first-order chi connectivity index (χ1) is 9.99. The number of carbonyl (C=O) groups excluding carboxylic acids is 2. The quantitative estimate of drug-likeness (QED) is 0.806. The van der Waals surface area contributed by atoms with Crippen molar-refractivity contribution in [1.82, 2.24) is 19.6 Å². The Hall–Kier alpha value is -2.16. The molecule has 0 spiro atoms. The molecule has 0 atom stereocenters. The second-order valence-corrected chi connectivity index (χ2v) is 5.25. The van der Waals surface area contributed by atoms with E-state index in [1.54, 1.807) is 28.0 Å². The average Bonchev–Trinajstić information content (AvgIpc) is 3.02. The summed E-state index contributed by atoms with van der Waals surface area (Å²) in [5.74, 6) is -0.909. The van der Waals surface area contributed by atoms with Crippen molar-refractivity contribution in [2.75, 3.05) is 5.32 Å². The minimum Gasteiger partial charge on any atom is -0.364 e. The van der Waals surface area contributed by atoms with Crippen molar-refractivity contribution >= 4 is 33.4 Å². The molecule has 0 saturated carbocycles. The van der Waals surface area contributed by atoms with Crippen LogP contribution in [0.25, 0.3) is 0 Å². The van der Waals surface area contributed by atoms with Crippen LogP contribution in [0.15, 0.2) is 23.1 Å². The van der Waals surface area contributed by atoms with Crippen LogP contribution in [0.3, 0.4) is 0 Å². The molecule has 9 heteroatoms. The molecule has 0 aromatic carbocycles. The number of carbonyl (C=O) groups is 2. The standard InChI is InChI=1S/C12H15BrN6O2/c1-2-18-7-9(11(17-18)12(14)21)16-10(20)3-4-19-6-8(13)5-15-19/h5-7H,2-4H2,1H3,(H2,14,21)(H,16,20). The van der Waals surface area contributed by atoms with E-state index in [0.717, 1.165) is 4.47 Å². The van der Waals surface area contributed by atoms with Gasteiger partial charge in [0.25, 0.3) is 5.91 Å². The normalized spacial score (nSPS) is 10.6. The molecule has 0 radical (unpaired) electrons. The first-order valence-corrected chi connectivity index (χ1v) is 7.14. The number of aryl methyl sites for hydroxylation is 2. The van der Waals surface area contributed by atoms with E-state index in [9.17, 15) is 9.59 Å². The summed E-state index contributed by atoms with van der Waals surface area (Å²) in [6.45, 7) is 2.89. The van der Waals surface area contributed by atoms with Gasteiger partial charge in [-0.15, -0.1) is 0 Å². The van der Waals surface area contributed by atoms with Gasteiger partial charge in [0.05, 0.1) is 16.4 Å². The van der Waals surface area contributed by atoms with Crippen molar-refractivity contribution in [2.24, 2.45) is 5.73 Å². The summed E-state index contributed by atoms with van der Waals surface area (Å²) in [5, 5.41) is 10.7. The highest BCUT2D eigenvalue weighted by atomic mass is 79.9. The van der Waals surface area contributed by atoms with Crippen LogP contribution < -0.4 is 11.1 Å². The third-order valence-corrected chi connectivity index (χ3v) is 3.17. The van der Waals surface area contributed by atoms with E-state index in [1.165, 1.54) is 0 Å². The zero-order chi connectivity index (χ0) is 15.4. The van der Waals surface area contributed by atoms with Crippen molar-refractivity contribution in [3.63, 3.8) is 0 Å². The van der Waals surface area contributed by atoms with Gasteiger partial charge in [0, 0.05) is 31.9 Å². The first-order valence-electron chi connectivity index (χ1n) is 6.34. The molecule has 0 bridgehead atoms. The lowest BCUT2D eigenvalue weighted by Crippen LogP contribution is -2.19. The van der Waals surface area contributed by atoms with Crippen LogP contribution >= 0.6 is 15.9 Å². The number of aromatic nitrogens is 4. The van der Waals surface area contributed by atoms with Crippen LogP contribution in [0.2, 0.25) is 0 Å². The van der Waals surface area contributed by atoms with Crippen molar-refractivity contribution in [3.05, 3.63) is 28.8 Å². The fraction of sp³-hybridized carbons (Fsp3) is 0.333. The minimum absolute atomic E-state index is 0.0621. The van der Waals surface area contributed by atoms with Crippen molar-refractivity contribution in [2.45, 2.75) is 26.4 Å². The summed E-state index contributed by atoms with van der Waals surface area (Å²) in [6, 6.07) is 0. The molecule has 0 aliphatic rings. The molecule has 21 heavy (non-hydrogen) atoms. The Labute approximate surface area is 129 Å². The molecule has 112 valence electrons. The molecule has 2 aromatic heterocycles. The number of rotatable bonds is 6. The summed E-state index contributed by atoms with van der Waals surface area (Å²) >= 11 is 3.28. The van der Waals surface area contributed by atoms with Crippen molar-refractivity contribution in [1.29, 1.82) is 0 Å². The summed E-state index contributed by atoms with van der Waals surface area (Å²) in [5.41, 5.74) is 5.63. The molecule has 0 saturated heterocycles. The number of halogens is 1. The SMILES string of the molecule is CCn1cc(NC(=O)CCn2cc(Br)cn2)c(C(N)=O)n1. The van der Waals surface area contributed by atoms with Gasteiger partial charge in [-0.1, -0.05) is 0 Å². The Morgan fingerprint density at radius 2 is 2.14 bits per heavy atom. The highest BCUT2D eigenvalue weighted by Gasteiger charge is 2.15. The first kappa shape index (κ1) is 15.2. The lowest BCUT2D eigenvalue weighted by Gasteiger charge is -2.04. The van der Waals surface area contributed by atoms with Crippen LogP contribution in [0, 0.1) is 0 Å². The van der Waals surface area contributed by atoms with Crippen LogP contribution in [0.4, 0.5) is 5.69 Å². The number of nitrogens with zero attached hydrogens (tertiary/aromatic N) is 4. The van der Waals surface area contributed by atoms with E-state index in [2.05, 4.69) is 31.4 Å². The van der Waals surface area contributed by atoms with Crippen LogP contribution in [0.5, 0.6) is 0 Å². The zero-order valence-electron chi connectivity index (χ0n) is 11.4. The Morgan fingerprint density at radius 3 is 2.71 bits per heavy atom.